The number of thiazole rings is 1. The van der Waals surface area contributed by atoms with E-state index in [0.29, 0.717) is 50.9 Å². The molecule has 0 radical (unpaired) electrons. The third-order valence-electron chi connectivity index (χ3n) is 17.6. The summed E-state index contributed by atoms with van der Waals surface area (Å²) in [4.78, 5) is 23.2. The average molecular weight is 1050 g/mol. The zero-order valence-corrected chi connectivity index (χ0v) is 47.1. The smallest absolute Gasteiger partial charge is 0.309 e. The van der Waals surface area contributed by atoms with Gasteiger partial charge in [-0.3, -0.25) is 4.79 Å². The summed E-state index contributed by atoms with van der Waals surface area (Å²) < 4.78 is 49.6. The minimum absolute atomic E-state index is 0.0124. The molecule has 3 aromatic rings. The number of hydrogen-bond acceptors (Lipinski definition) is 16. The number of carbonyl (C=O) groups is 1. The van der Waals surface area contributed by atoms with Gasteiger partial charge in [-0.1, -0.05) is 82.4 Å². The van der Waals surface area contributed by atoms with Crippen molar-refractivity contribution in [1.29, 1.82) is 0 Å². The van der Waals surface area contributed by atoms with Crippen molar-refractivity contribution in [1.82, 2.24) is 29.8 Å². The highest BCUT2D eigenvalue weighted by atomic mass is 32.1. The molecule has 73 heavy (non-hydrogen) atoms. The molecule has 6 rings (SSSR count). The molecule has 0 bridgehead atoms. The van der Waals surface area contributed by atoms with E-state index >= 15 is 0 Å². The number of aromatic hydroxyl groups is 1. The molecule has 5 heterocycles. The van der Waals surface area contributed by atoms with Gasteiger partial charge < -0.3 is 53.9 Å². The summed E-state index contributed by atoms with van der Waals surface area (Å²) >= 11 is 1.17. The van der Waals surface area contributed by atoms with Gasteiger partial charge in [-0.25, -0.2) is 14.1 Å². The number of aliphatic hydroxyl groups excluding tert-OH is 1. The molecule has 3 aliphatic heterocycles. The number of cyclic esters (lactones) is 1. The summed E-state index contributed by atoms with van der Waals surface area (Å²) in [5.41, 5.74) is -1.58. The Morgan fingerprint density at radius 3 is 2.30 bits per heavy atom. The molecule has 3 saturated heterocycles. The fraction of sp³-hybridized carbons (Fsp3) is 0.782. The normalized spacial score (nSPS) is 38.6. The van der Waals surface area contributed by atoms with Gasteiger partial charge in [0.15, 0.2) is 6.29 Å². The second kappa shape index (κ2) is 24.0. The number of halogens is 1. The van der Waals surface area contributed by atoms with Crippen molar-refractivity contribution in [3.63, 3.8) is 0 Å². The average Bonchev–Trinajstić information content (AvgIpc) is 4.01. The highest BCUT2D eigenvalue weighted by molar-refractivity contribution is 7.11. The van der Waals surface area contributed by atoms with Gasteiger partial charge in [0.2, 0.25) is 0 Å². The minimum Gasteiger partial charge on any atom is -0.486 e. The maximum absolute atomic E-state index is 14.8. The molecule has 0 aliphatic carbocycles. The number of likely N-dealkylation sites (N-methyl/N-ethyl adjacent to an activating group) is 2. The fourth-order valence-electron chi connectivity index (χ4n) is 12.4. The Morgan fingerprint density at radius 2 is 1.68 bits per heavy atom. The zero-order chi connectivity index (χ0) is 54.0. The molecule has 16 nitrogen and oxygen atoms in total. The van der Waals surface area contributed by atoms with E-state index in [1.807, 2.05) is 105 Å². The molecule has 18 atom stereocenters. The predicted octanol–water partition coefficient (Wildman–Crippen LogP) is 7.97. The van der Waals surface area contributed by atoms with Crippen LogP contribution in [0.3, 0.4) is 0 Å². The van der Waals surface area contributed by atoms with E-state index in [1.54, 1.807) is 17.2 Å². The van der Waals surface area contributed by atoms with Crippen LogP contribution < -0.4 is 0 Å². The van der Waals surface area contributed by atoms with Crippen molar-refractivity contribution in [3.05, 3.63) is 47.1 Å². The van der Waals surface area contributed by atoms with Crippen LogP contribution in [0.2, 0.25) is 0 Å². The third kappa shape index (κ3) is 13.3. The summed E-state index contributed by atoms with van der Waals surface area (Å²) in [6.07, 6.45) is 0.550. The van der Waals surface area contributed by atoms with E-state index in [1.165, 1.54) is 18.3 Å². The number of esters is 1. The standard InChI is InChI=1S/C55H89FN6O10S/c1-16-45-55(12,67)48(63)38(8)61(14)29-32(2)25-53(10,66)49(36(6)54(11,37(7)50(64)71-45)46-27-52(9,68-15)26-34(4)69-46)72-47-24-42(23-33(3)70-47)60(13)22-21-41-30-62(59-58-41)44(28-56)35(5)39-17-19-40(20-18-39)43-31-73-51(65)57-43/h17-20,30-38,42,44-49,63,66-67H,16,21-29H2,1-15H3,(H,57,65)/t32-,33-,34+,35-,36-,37+,38-,42+,44-,45-,46?,47+,48-,49-,52+,53-,54-,55-/m1/s1. The summed E-state index contributed by atoms with van der Waals surface area (Å²) in [5, 5.41) is 57.2. The first-order chi connectivity index (χ1) is 34.2. The number of methoxy groups -OCH3 is 1. The molecule has 1 aromatic carbocycles. The number of aliphatic hydroxyl groups is 3. The first-order valence-electron chi connectivity index (χ1n) is 26.6. The molecular weight excluding hydrogens is 956 g/mol. The van der Waals surface area contributed by atoms with E-state index in [-0.39, 0.29) is 41.7 Å². The van der Waals surface area contributed by atoms with Gasteiger partial charge in [-0.2, -0.15) is 0 Å². The Morgan fingerprint density at radius 1 is 1.00 bits per heavy atom. The van der Waals surface area contributed by atoms with Crippen molar-refractivity contribution in [3.8, 4) is 16.5 Å². The predicted molar refractivity (Wildman–Crippen MR) is 280 cm³/mol. The number of alkyl halides is 1. The molecule has 4 N–H and O–H groups in total. The SMILES string of the molecule is CC[C@H]1OC(=O)[C@H](C)[C@](C)(C2C[C@@](C)(OC)C[C@H](C)O2)[C@H](C)[C@@H](O[C@H]2C[C@@H](N(C)CCc3cn([C@H](CF)[C@H](C)c4ccc(-c5csc(O)n5)cc4)nn3)C[C@@H](C)O2)[C@](C)(O)C[C@@H](C)CN(C)[C@H](C)[C@@H](O)[C@]1(C)O. The van der Waals surface area contributed by atoms with Gasteiger partial charge in [0, 0.05) is 86.4 Å². The van der Waals surface area contributed by atoms with Gasteiger partial charge in [0.05, 0.1) is 59.0 Å². The second-order valence-electron chi connectivity index (χ2n) is 23.4. The lowest BCUT2D eigenvalue weighted by molar-refractivity contribution is -0.281. The number of hydrogen-bond donors (Lipinski definition) is 4. The van der Waals surface area contributed by atoms with Crippen LogP contribution in [-0.4, -0.2) is 169 Å². The van der Waals surface area contributed by atoms with E-state index in [2.05, 4.69) is 41.1 Å². The number of benzene rings is 1. The summed E-state index contributed by atoms with van der Waals surface area (Å²) in [5.74, 6) is -2.23. The summed E-state index contributed by atoms with van der Waals surface area (Å²) in [6.45, 7) is 23.6. The Labute approximate surface area is 438 Å². The molecule has 1 unspecified atom stereocenters. The highest BCUT2D eigenvalue weighted by Gasteiger charge is 2.58. The van der Waals surface area contributed by atoms with Crippen LogP contribution in [0.15, 0.2) is 35.8 Å². The van der Waals surface area contributed by atoms with Crippen molar-refractivity contribution in [2.45, 2.75) is 212 Å². The van der Waals surface area contributed by atoms with E-state index < -0.39 is 89.5 Å². The molecule has 3 aliphatic rings. The Balaban J connectivity index is 1.25. The molecule has 0 spiro atoms. The van der Waals surface area contributed by atoms with Gasteiger partial charge in [0.25, 0.3) is 5.19 Å². The monoisotopic (exact) mass is 1040 g/mol. The molecule has 2 aromatic heterocycles. The third-order valence-corrected chi connectivity index (χ3v) is 18.2. The van der Waals surface area contributed by atoms with Gasteiger partial charge in [0.1, 0.15) is 24.5 Å². The number of rotatable bonds is 14. The molecule has 0 amide bonds. The second-order valence-corrected chi connectivity index (χ2v) is 24.2. The summed E-state index contributed by atoms with van der Waals surface area (Å²) in [7, 11) is 5.67. The van der Waals surface area contributed by atoms with Crippen molar-refractivity contribution < 1.29 is 53.3 Å². The first-order valence-corrected chi connectivity index (χ1v) is 27.5. The van der Waals surface area contributed by atoms with Crippen molar-refractivity contribution in [2.24, 2.45) is 23.2 Å². The Bertz CT molecular complexity index is 2230. The molecular formula is C55H89FN6O10S. The van der Waals surface area contributed by atoms with Gasteiger partial charge in [-0.05, 0) is 92.3 Å². The highest BCUT2D eigenvalue weighted by Crippen LogP contribution is 2.52. The largest absolute Gasteiger partial charge is 0.486 e. The zero-order valence-electron chi connectivity index (χ0n) is 46.3. The van der Waals surface area contributed by atoms with Crippen LogP contribution >= 0.6 is 11.3 Å². The number of nitrogens with zero attached hydrogens (tertiary/aromatic N) is 6. The molecule has 412 valence electrons. The first kappa shape index (κ1) is 59.1. The van der Waals surface area contributed by atoms with Crippen LogP contribution in [-0.2, 0) is 34.9 Å². The van der Waals surface area contributed by atoms with Crippen molar-refractivity contribution in [2.75, 3.05) is 41.0 Å². The Hall–Kier alpha value is -3.17. The van der Waals surface area contributed by atoms with Crippen molar-refractivity contribution >= 4 is 17.3 Å². The Kier molecular flexibility index (Phi) is 19.4. The van der Waals surface area contributed by atoms with Crippen LogP contribution in [0, 0.1) is 23.2 Å². The topological polar surface area (TPSA) is 194 Å². The van der Waals surface area contributed by atoms with Crippen LogP contribution in [0.25, 0.3) is 11.3 Å². The number of ether oxygens (including phenoxy) is 5. The van der Waals surface area contributed by atoms with Crippen LogP contribution in [0.4, 0.5) is 4.39 Å². The van der Waals surface area contributed by atoms with Crippen LogP contribution in [0.5, 0.6) is 5.19 Å². The molecule has 0 saturated carbocycles. The number of aromatic nitrogens is 4. The minimum atomic E-state index is -1.77. The lowest BCUT2D eigenvalue weighted by Gasteiger charge is -2.55. The quantitative estimate of drug-likeness (QED) is 0.114. The molecule has 3 fully saturated rings. The van der Waals surface area contributed by atoms with E-state index in [9.17, 15) is 29.6 Å². The fourth-order valence-corrected chi connectivity index (χ4v) is 13.0. The number of carbonyl (C=O) groups excluding carboxylic acids is 1. The maximum Gasteiger partial charge on any atom is 0.309 e. The van der Waals surface area contributed by atoms with E-state index in [4.69, 9.17) is 23.7 Å². The molecule has 18 heteroatoms. The maximum atomic E-state index is 14.8. The summed E-state index contributed by atoms with van der Waals surface area (Å²) in [6, 6.07) is 6.74. The van der Waals surface area contributed by atoms with Crippen LogP contribution in [0.1, 0.15) is 145 Å². The van der Waals surface area contributed by atoms with E-state index in [0.717, 1.165) is 23.2 Å². The van der Waals surface area contributed by atoms with Gasteiger partial charge in [-0.15, -0.1) is 5.10 Å². The lowest BCUT2D eigenvalue weighted by atomic mass is 9.59. The van der Waals surface area contributed by atoms with Gasteiger partial charge >= 0.3 is 5.97 Å². The lowest BCUT2D eigenvalue weighted by Crippen LogP contribution is -2.61.